The van der Waals surface area contributed by atoms with Gasteiger partial charge in [-0.05, 0) is 24.6 Å². The molecule has 2 aromatic rings. The SMILES string of the molecule is COC(=O)c1nc(-c2ccc(C)cc2N)cc(N)c1Cl. The standard InChI is InChI=1S/C14H14ClN3O2/c1-7-3-4-8(9(16)5-7)11-6-10(17)12(15)13(18-11)14(19)20-2/h3-6H,16H2,1-2H3,(H2,17,18). The fourth-order valence-electron chi connectivity index (χ4n) is 1.83. The average Bonchev–Trinajstić information content (AvgIpc) is 2.41. The fourth-order valence-corrected chi connectivity index (χ4v) is 2.01. The van der Waals surface area contributed by atoms with Crippen molar-refractivity contribution in [3.63, 3.8) is 0 Å². The number of nitrogen functional groups attached to an aromatic ring is 2. The Kier molecular flexibility index (Phi) is 3.81. The highest BCUT2D eigenvalue weighted by molar-refractivity contribution is 6.35. The molecule has 2 rings (SSSR count). The van der Waals surface area contributed by atoms with E-state index in [4.69, 9.17) is 23.1 Å². The average molecular weight is 292 g/mol. The number of carbonyl (C=O) groups excluding carboxylic acids is 1. The summed E-state index contributed by atoms with van der Waals surface area (Å²) < 4.78 is 4.64. The van der Waals surface area contributed by atoms with Gasteiger partial charge in [-0.2, -0.15) is 0 Å². The van der Waals surface area contributed by atoms with Gasteiger partial charge >= 0.3 is 5.97 Å². The van der Waals surface area contributed by atoms with Crippen LogP contribution in [-0.2, 0) is 4.74 Å². The predicted molar refractivity (Wildman–Crippen MR) is 79.6 cm³/mol. The summed E-state index contributed by atoms with van der Waals surface area (Å²) in [4.78, 5) is 15.9. The van der Waals surface area contributed by atoms with Gasteiger partial charge < -0.3 is 16.2 Å². The first-order valence-electron chi connectivity index (χ1n) is 5.85. The van der Waals surface area contributed by atoms with E-state index in [1.807, 2.05) is 25.1 Å². The quantitative estimate of drug-likeness (QED) is 0.655. The summed E-state index contributed by atoms with van der Waals surface area (Å²) >= 11 is 5.97. The van der Waals surface area contributed by atoms with Crippen molar-refractivity contribution in [3.8, 4) is 11.3 Å². The first-order chi connectivity index (χ1) is 9.43. The van der Waals surface area contributed by atoms with E-state index in [1.165, 1.54) is 7.11 Å². The van der Waals surface area contributed by atoms with E-state index in [-0.39, 0.29) is 16.4 Å². The van der Waals surface area contributed by atoms with Crippen molar-refractivity contribution in [1.82, 2.24) is 4.98 Å². The monoisotopic (exact) mass is 291 g/mol. The molecule has 0 bridgehead atoms. The normalized spacial score (nSPS) is 10.3. The molecule has 0 aliphatic heterocycles. The molecule has 0 unspecified atom stereocenters. The Balaban J connectivity index is 2.63. The van der Waals surface area contributed by atoms with E-state index >= 15 is 0 Å². The number of nitrogens with zero attached hydrogens (tertiary/aromatic N) is 1. The molecule has 5 nitrogen and oxygen atoms in total. The fraction of sp³-hybridized carbons (Fsp3) is 0.143. The summed E-state index contributed by atoms with van der Waals surface area (Å²) in [5.74, 6) is -0.644. The van der Waals surface area contributed by atoms with E-state index < -0.39 is 5.97 Å². The molecule has 0 aliphatic carbocycles. The van der Waals surface area contributed by atoms with Gasteiger partial charge in [0.2, 0.25) is 0 Å². The lowest BCUT2D eigenvalue weighted by atomic mass is 10.1. The second-order valence-corrected chi connectivity index (χ2v) is 4.72. The van der Waals surface area contributed by atoms with E-state index in [0.29, 0.717) is 16.9 Å². The number of rotatable bonds is 2. The van der Waals surface area contributed by atoms with Crippen molar-refractivity contribution in [1.29, 1.82) is 0 Å². The second-order valence-electron chi connectivity index (χ2n) is 4.34. The van der Waals surface area contributed by atoms with Gasteiger partial charge in [0, 0.05) is 11.3 Å². The summed E-state index contributed by atoms with van der Waals surface area (Å²) in [6, 6.07) is 7.12. The Bertz CT molecular complexity index is 686. The third kappa shape index (κ3) is 2.53. The number of aryl methyl sites for hydroxylation is 1. The van der Waals surface area contributed by atoms with Gasteiger partial charge in [0.1, 0.15) is 0 Å². The van der Waals surface area contributed by atoms with Crippen LogP contribution < -0.4 is 11.5 Å². The highest BCUT2D eigenvalue weighted by Gasteiger charge is 2.18. The topological polar surface area (TPSA) is 91.2 Å². The molecule has 1 aromatic carbocycles. The smallest absolute Gasteiger partial charge is 0.358 e. The molecule has 104 valence electrons. The largest absolute Gasteiger partial charge is 0.464 e. The Hall–Kier alpha value is -2.27. The first kappa shape index (κ1) is 14.1. The van der Waals surface area contributed by atoms with Crippen molar-refractivity contribution < 1.29 is 9.53 Å². The zero-order valence-corrected chi connectivity index (χ0v) is 11.9. The third-order valence-corrected chi connectivity index (χ3v) is 3.24. The summed E-state index contributed by atoms with van der Waals surface area (Å²) in [5, 5.41) is 0.0753. The minimum Gasteiger partial charge on any atom is -0.464 e. The number of halogens is 1. The van der Waals surface area contributed by atoms with Gasteiger partial charge in [0.05, 0.1) is 23.5 Å². The Labute approximate surface area is 121 Å². The second kappa shape index (κ2) is 5.38. The molecule has 4 N–H and O–H groups in total. The van der Waals surface area contributed by atoms with Gasteiger partial charge in [-0.25, -0.2) is 9.78 Å². The number of esters is 1. The molecule has 0 atom stereocenters. The number of nitrogens with two attached hydrogens (primary N) is 2. The zero-order chi connectivity index (χ0) is 14.9. The number of benzene rings is 1. The molecule has 0 amide bonds. The molecule has 0 spiro atoms. The zero-order valence-electron chi connectivity index (χ0n) is 11.1. The van der Waals surface area contributed by atoms with Crippen LogP contribution in [0.2, 0.25) is 5.02 Å². The predicted octanol–water partition coefficient (Wildman–Crippen LogP) is 2.66. The molecule has 0 radical (unpaired) electrons. The molecule has 20 heavy (non-hydrogen) atoms. The summed E-state index contributed by atoms with van der Waals surface area (Å²) in [5.41, 5.74) is 14.7. The minimum absolute atomic E-state index is 0.0239. The van der Waals surface area contributed by atoms with Crippen molar-refractivity contribution in [2.24, 2.45) is 0 Å². The molecule has 0 saturated carbocycles. The summed E-state index contributed by atoms with van der Waals surface area (Å²) in [6.07, 6.45) is 0. The summed E-state index contributed by atoms with van der Waals surface area (Å²) in [6.45, 7) is 1.93. The number of anilines is 2. The lowest BCUT2D eigenvalue weighted by molar-refractivity contribution is 0.0594. The van der Waals surface area contributed by atoms with Crippen LogP contribution >= 0.6 is 11.6 Å². The maximum Gasteiger partial charge on any atom is 0.358 e. The maximum absolute atomic E-state index is 11.7. The minimum atomic E-state index is -0.644. The molecule has 0 fully saturated rings. The van der Waals surface area contributed by atoms with Crippen molar-refractivity contribution in [3.05, 3.63) is 40.5 Å². The van der Waals surface area contributed by atoms with Crippen LogP contribution in [0.4, 0.5) is 11.4 Å². The van der Waals surface area contributed by atoms with Crippen LogP contribution in [-0.4, -0.2) is 18.1 Å². The molecular weight excluding hydrogens is 278 g/mol. The molecule has 6 heteroatoms. The van der Waals surface area contributed by atoms with Crippen LogP contribution in [0.25, 0.3) is 11.3 Å². The van der Waals surface area contributed by atoms with Crippen LogP contribution in [0, 0.1) is 6.92 Å². The van der Waals surface area contributed by atoms with Crippen molar-refractivity contribution in [2.45, 2.75) is 6.92 Å². The Morgan fingerprint density at radius 2 is 1.95 bits per heavy atom. The molecule has 0 saturated heterocycles. The van der Waals surface area contributed by atoms with Crippen molar-refractivity contribution in [2.75, 3.05) is 18.6 Å². The van der Waals surface area contributed by atoms with Gasteiger partial charge in [-0.15, -0.1) is 0 Å². The highest BCUT2D eigenvalue weighted by atomic mass is 35.5. The van der Waals surface area contributed by atoms with Crippen molar-refractivity contribution >= 4 is 28.9 Å². The lowest BCUT2D eigenvalue weighted by Gasteiger charge is -2.10. The lowest BCUT2D eigenvalue weighted by Crippen LogP contribution is -2.08. The number of pyridine rings is 1. The molecule has 1 heterocycles. The third-order valence-electron chi connectivity index (χ3n) is 2.85. The number of hydrogen-bond acceptors (Lipinski definition) is 5. The van der Waals surface area contributed by atoms with Gasteiger partial charge in [-0.1, -0.05) is 23.7 Å². The van der Waals surface area contributed by atoms with E-state index in [2.05, 4.69) is 9.72 Å². The van der Waals surface area contributed by atoms with Gasteiger partial charge in [0.25, 0.3) is 0 Å². The van der Waals surface area contributed by atoms with Crippen LogP contribution in [0.3, 0.4) is 0 Å². The Morgan fingerprint density at radius 1 is 1.25 bits per heavy atom. The number of ether oxygens (including phenoxy) is 1. The highest BCUT2D eigenvalue weighted by Crippen LogP contribution is 2.31. The van der Waals surface area contributed by atoms with E-state index in [0.717, 1.165) is 5.56 Å². The van der Waals surface area contributed by atoms with Gasteiger partial charge in [0.15, 0.2) is 5.69 Å². The number of aromatic nitrogens is 1. The van der Waals surface area contributed by atoms with Crippen LogP contribution in [0.1, 0.15) is 16.1 Å². The van der Waals surface area contributed by atoms with E-state index in [9.17, 15) is 4.79 Å². The summed E-state index contributed by atoms with van der Waals surface area (Å²) in [7, 11) is 1.25. The van der Waals surface area contributed by atoms with Crippen LogP contribution in [0.15, 0.2) is 24.3 Å². The van der Waals surface area contributed by atoms with E-state index in [1.54, 1.807) is 6.07 Å². The Morgan fingerprint density at radius 3 is 2.55 bits per heavy atom. The molecule has 1 aromatic heterocycles. The van der Waals surface area contributed by atoms with Crippen LogP contribution in [0.5, 0.6) is 0 Å². The van der Waals surface area contributed by atoms with Gasteiger partial charge in [-0.3, -0.25) is 0 Å². The molecular formula is C14H14ClN3O2. The number of hydrogen-bond donors (Lipinski definition) is 2. The first-order valence-corrected chi connectivity index (χ1v) is 6.22. The maximum atomic E-state index is 11.7. The number of carbonyl (C=O) groups is 1. The molecule has 0 aliphatic rings. The number of methoxy groups -OCH3 is 1.